The molecule has 1 heterocycles. The van der Waals surface area contributed by atoms with Crippen LogP contribution >= 0.6 is 11.3 Å². The zero-order valence-corrected chi connectivity index (χ0v) is 11.4. The van der Waals surface area contributed by atoms with Crippen LogP contribution in [0.1, 0.15) is 21.1 Å². The Morgan fingerprint density at radius 2 is 2.05 bits per heavy atom. The summed E-state index contributed by atoms with van der Waals surface area (Å²) >= 11 is 1.46. The summed E-state index contributed by atoms with van der Waals surface area (Å²) in [5, 5.41) is 5.22. The van der Waals surface area contributed by atoms with Gasteiger partial charge in [0, 0.05) is 10.9 Å². The maximum atomic E-state index is 13.5. The molecule has 20 heavy (non-hydrogen) atoms. The number of hydrazine groups is 1. The van der Waals surface area contributed by atoms with Crippen molar-refractivity contribution in [3.63, 3.8) is 0 Å². The van der Waals surface area contributed by atoms with E-state index < -0.39 is 23.2 Å². The maximum absolute atomic E-state index is 13.5. The summed E-state index contributed by atoms with van der Waals surface area (Å²) in [4.78, 5) is 16.0. The molecule has 1 aromatic heterocycles. The van der Waals surface area contributed by atoms with Gasteiger partial charge >= 0.3 is 0 Å². The number of carbonyl (C=O) groups is 1. The third kappa shape index (κ3) is 3.09. The number of amides is 1. The normalized spacial score (nSPS) is 10.4. The predicted octanol–water partition coefficient (Wildman–Crippen LogP) is 1.95. The van der Waals surface area contributed by atoms with Gasteiger partial charge in [0.25, 0.3) is 5.91 Å². The van der Waals surface area contributed by atoms with Crippen molar-refractivity contribution in [2.24, 2.45) is 5.84 Å². The van der Waals surface area contributed by atoms with E-state index in [1.54, 1.807) is 5.38 Å². The molecule has 0 saturated carbocycles. The minimum atomic E-state index is -0.929. The fourth-order valence-electron chi connectivity index (χ4n) is 1.60. The molecule has 106 valence electrons. The third-order valence-corrected chi connectivity index (χ3v) is 3.37. The van der Waals surface area contributed by atoms with Crippen molar-refractivity contribution < 1.29 is 13.6 Å². The van der Waals surface area contributed by atoms with E-state index >= 15 is 0 Å². The summed E-state index contributed by atoms with van der Waals surface area (Å²) in [6.07, 6.45) is 0. The van der Waals surface area contributed by atoms with Gasteiger partial charge in [-0.15, -0.1) is 11.3 Å². The molecule has 1 amide bonds. The Kier molecular flexibility index (Phi) is 4.26. The number of carbonyl (C=O) groups excluding carboxylic acids is 1. The van der Waals surface area contributed by atoms with Crippen molar-refractivity contribution in [3.8, 4) is 0 Å². The molecule has 0 bridgehead atoms. The van der Waals surface area contributed by atoms with E-state index in [-0.39, 0.29) is 12.1 Å². The molecule has 0 atom stereocenters. The van der Waals surface area contributed by atoms with Gasteiger partial charge in [-0.25, -0.2) is 13.8 Å². The number of thiazole rings is 1. The number of nitrogen functional groups attached to an aromatic ring is 1. The van der Waals surface area contributed by atoms with Gasteiger partial charge in [-0.3, -0.25) is 10.6 Å². The Balaban J connectivity index is 2.09. The van der Waals surface area contributed by atoms with Crippen LogP contribution in [-0.2, 0) is 6.54 Å². The van der Waals surface area contributed by atoms with Crippen LogP contribution in [-0.4, -0.2) is 10.9 Å². The molecule has 0 spiro atoms. The average Bonchev–Trinajstić information content (AvgIpc) is 2.81. The fraction of sp³-hybridized carbons (Fsp3) is 0.167. The molecule has 8 heteroatoms. The van der Waals surface area contributed by atoms with Crippen LogP contribution in [0.4, 0.5) is 14.5 Å². The summed E-state index contributed by atoms with van der Waals surface area (Å²) < 4.78 is 26.9. The van der Waals surface area contributed by atoms with Crippen molar-refractivity contribution in [2.45, 2.75) is 13.5 Å². The summed E-state index contributed by atoms with van der Waals surface area (Å²) in [6.45, 7) is 2.04. The molecule has 2 aromatic rings. The highest BCUT2D eigenvalue weighted by Gasteiger charge is 2.14. The third-order valence-electron chi connectivity index (χ3n) is 2.55. The van der Waals surface area contributed by atoms with Gasteiger partial charge in [-0.2, -0.15) is 0 Å². The van der Waals surface area contributed by atoms with Gasteiger partial charge in [-0.1, -0.05) is 0 Å². The monoisotopic (exact) mass is 298 g/mol. The van der Waals surface area contributed by atoms with Gasteiger partial charge in [0.05, 0.1) is 17.2 Å². The molecule has 2 rings (SSSR count). The lowest BCUT2D eigenvalue weighted by atomic mass is 10.1. The number of rotatable bonds is 4. The first-order chi connectivity index (χ1) is 9.51. The number of nitrogens with two attached hydrogens (primary N) is 1. The molecule has 0 aliphatic heterocycles. The number of halogens is 2. The van der Waals surface area contributed by atoms with Crippen molar-refractivity contribution in [1.82, 2.24) is 10.3 Å². The standard InChI is InChI=1S/C12H12F2N4OS/c1-6-17-8(5-20-6)4-16-12(19)7-2-9(13)11(18-15)10(14)3-7/h2-3,5,18H,4,15H2,1H3,(H,16,19). The Hall–Kier alpha value is -2.06. The Bertz CT molecular complexity index is 621. The molecule has 5 nitrogen and oxygen atoms in total. The lowest BCUT2D eigenvalue weighted by molar-refractivity contribution is 0.0949. The molecular formula is C12H12F2N4OS. The van der Waals surface area contributed by atoms with E-state index in [9.17, 15) is 13.6 Å². The zero-order valence-electron chi connectivity index (χ0n) is 10.5. The number of benzene rings is 1. The Morgan fingerprint density at radius 3 is 2.55 bits per heavy atom. The highest BCUT2D eigenvalue weighted by molar-refractivity contribution is 7.09. The van der Waals surface area contributed by atoms with E-state index in [1.165, 1.54) is 11.3 Å². The molecule has 0 saturated heterocycles. The minimum absolute atomic E-state index is 0.119. The number of nitrogens with one attached hydrogen (secondary N) is 2. The Labute approximate surface area is 117 Å². The van der Waals surface area contributed by atoms with Gasteiger partial charge in [0.1, 0.15) is 5.69 Å². The second kappa shape index (κ2) is 5.93. The van der Waals surface area contributed by atoms with Crippen LogP contribution in [0.3, 0.4) is 0 Å². The van der Waals surface area contributed by atoms with Crippen molar-refractivity contribution in [1.29, 1.82) is 0 Å². The fourth-order valence-corrected chi connectivity index (χ4v) is 2.22. The van der Waals surface area contributed by atoms with Crippen LogP contribution < -0.4 is 16.6 Å². The predicted molar refractivity (Wildman–Crippen MR) is 72.2 cm³/mol. The van der Waals surface area contributed by atoms with Gasteiger partial charge in [0.2, 0.25) is 0 Å². The smallest absolute Gasteiger partial charge is 0.251 e. The first kappa shape index (κ1) is 14.4. The molecule has 0 aliphatic carbocycles. The van der Waals surface area contributed by atoms with Crippen LogP contribution in [0.5, 0.6) is 0 Å². The second-order valence-corrected chi connectivity index (χ2v) is 5.06. The van der Waals surface area contributed by atoms with E-state index in [1.807, 2.05) is 12.3 Å². The lowest BCUT2D eigenvalue weighted by Crippen LogP contribution is -2.23. The summed E-state index contributed by atoms with van der Waals surface area (Å²) in [5.74, 6) is 2.53. The summed E-state index contributed by atoms with van der Waals surface area (Å²) in [5.41, 5.74) is 2.00. The first-order valence-corrected chi connectivity index (χ1v) is 6.54. The summed E-state index contributed by atoms with van der Waals surface area (Å²) in [7, 11) is 0. The Morgan fingerprint density at radius 1 is 1.40 bits per heavy atom. The van der Waals surface area contributed by atoms with E-state index in [0.29, 0.717) is 5.69 Å². The summed E-state index contributed by atoms with van der Waals surface area (Å²) in [6, 6.07) is 1.83. The SMILES string of the molecule is Cc1nc(CNC(=O)c2cc(F)c(NN)c(F)c2)cs1. The van der Waals surface area contributed by atoms with Crippen molar-refractivity contribution in [3.05, 3.63) is 45.4 Å². The highest BCUT2D eigenvalue weighted by atomic mass is 32.1. The lowest BCUT2D eigenvalue weighted by Gasteiger charge is -2.07. The zero-order chi connectivity index (χ0) is 14.7. The number of nitrogens with zero attached hydrogens (tertiary/aromatic N) is 1. The van der Waals surface area contributed by atoms with Crippen molar-refractivity contribution in [2.75, 3.05) is 5.43 Å². The number of aromatic nitrogens is 1. The molecule has 0 fully saturated rings. The van der Waals surface area contributed by atoms with Gasteiger partial charge in [-0.05, 0) is 19.1 Å². The topological polar surface area (TPSA) is 80.0 Å². The van der Waals surface area contributed by atoms with Crippen molar-refractivity contribution >= 4 is 22.9 Å². The molecule has 1 aromatic carbocycles. The molecular weight excluding hydrogens is 286 g/mol. The largest absolute Gasteiger partial charge is 0.346 e. The van der Waals surface area contributed by atoms with Gasteiger partial charge < -0.3 is 10.7 Å². The average molecular weight is 298 g/mol. The van der Waals surface area contributed by atoms with E-state index in [2.05, 4.69) is 10.3 Å². The van der Waals surface area contributed by atoms with Crippen LogP contribution in [0.15, 0.2) is 17.5 Å². The van der Waals surface area contributed by atoms with E-state index in [4.69, 9.17) is 5.84 Å². The van der Waals surface area contributed by atoms with Crippen LogP contribution in [0, 0.1) is 18.6 Å². The number of hydrogen-bond acceptors (Lipinski definition) is 5. The molecule has 0 aliphatic rings. The molecule has 0 unspecified atom stereocenters. The quantitative estimate of drug-likeness (QED) is 0.595. The van der Waals surface area contributed by atoms with Crippen LogP contribution in [0.25, 0.3) is 0 Å². The highest BCUT2D eigenvalue weighted by Crippen LogP contribution is 2.19. The first-order valence-electron chi connectivity index (χ1n) is 5.66. The maximum Gasteiger partial charge on any atom is 0.251 e. The molecule has 0 radical (unpaired) electrons. The number of hydrogen-bond donors (Lipinski definition) is 3. The van der Waals surface area contributed by atoms with E-state index in [0.717, 1.165) is 17.1 Å². The number of aryl methyl sites for hydroxylation is 1. The van der Waals surface area contributed by atoms with Crippen LogP contribution in [0.2, 0.25) is 0 Å². The minimum Gasteiger partial charge on any atom is -0.346 e. The second-order valence-electron chi connectivity index (χ2n) is 4.00. The van der Waals surface area contributed by atoms with Gasteiger partial charge in [0.15, 0.2) is 11.6 Å². The molecule has 4 N–H and O–H groups in total. The number of anilines is 1.